The molecule has 0 aromatic rings. The molecule has 1 aliphatic carbocycles. The van der Waals surface area contributed by atoms with Crippen LogP contribution in [-0.4, -0.2) is 52.1 Å². The van der Waals surface area contributed by atoms with Gasteiger partial charge < -0.3 is 5.32 Å². The fourth-order valence-electron chi connectivity index (χ4n) is 6.84. The van der Waals surface area contributed by atoms with Crippen LogP contribution in [0.3, 0.4) is 0 Å². The molecule has 0 aromatic carbocycles. The minimum Gasteiger partial charge on any atom is -0.302 e. The van der Waals surface area contributed by atoms with Crippen LogP contribution in [-0.2, 0) is 0 Å². The molecule has 6 atom stereocenters. The summed E-state index contributed by atoms with van der Waals surface area (Å²) >= 11 is 0. The first-order valence-electron chi connectivity index (χ1n) is 9.73. The lowest BCUT2D eigenvalue weighted by atomic mass is 9.75. The Bertz CT molecular complexity index is 433. The van der Waals surface area contributed by atoms with E-state index in [0.717, 1.165) is 6.04 Å². The smallest absolute Gasteiger partial charge is 0.178 e. The predicted octanol–water partition coefficient (Wildman–Crippen LogP) is 2.56. The fourth-order valence-corrected chi connectivity index (χ4v) is 6.84. The average Bonchev–Trinajstić information content (AvgIpc) is 2.98. The Morgan fingerprint density at radius 1 is 1.14 bits per heavy atom. The van der Waals surface area contributed by atoms with Crippen LogP contribution in [0.25, 0.3) is 0 Å². The molecular weight excluding hydrogens is 272 g/mol. The second-order valence-corrected chi connectivity index (χ2v) is 8.50. The topological polar surface area (TPSA) is 27.3 Å². The quantitative estimate of drug-likeness (QED) is 0.729. The number of rotatable bonds is 1. The van der Waals surface area contributed by atoms with Crippen LogP contribution in [0.15, 0.2) is 0 Å². The molecule has 4 aliphatic rings. The van der Waals surface area contributed by atoms with E-state index in [1.807, 2.05) is 0 Å². The van der Waals surface area contributed by atoms with E-state index >= 15 is 0 Å². The SMILES string of the molecule is CCC1CC2(CCCCC2)[N+]23C(C)CNC(C)C2NC(C)N13. The van der Waals surface area contributed by atoms with E-state index in [9.17, 15) is 0 Å². The van der Waals surface area contributed by atoms with Crippen LogP contribution >= 0.6 is 0 Å². The number of nitrogens with zero attached hydrogens (tertiary/aromatic N) is 2. The Labute approximate surface area is 136 Å². The minimum absolute atomic E-state index is 0.511. The highest BCUT2D eigenvalue weighted by molar-refractivity contribution is 5.02. The van der Waals surface area contributed by atoms with Gasteiger partial charge in [0.1, 0.15) is 17.7 Å². The first-order valence-corrected chi connectivity index (χ1v) is 9.73. The Morgan fingerprint density at radius 3 is 2.55 bits per heavy atom. The molecule has 22 heavy (non-hydrogen) atoms. The first-order chi connectivity index (χ1) is 10.6. The summed E-state index contributed by atoms with van der Waals surface area (Å²) in [4.78, 5) is 0. The van der Waals surface area contributed by atoms with E-state index < -0.39 is 0 Å². The second kappa shape index (κ2) is 5.17. The molecule has 3 heterocycles. The van der Waals surface area contributed by atoms with Crippen molar-refractivity contribution in [2.75, 3.05) is 6.54 Å². The third-order valence-corrected chi connectivity index (χ3v) is 7.50. The Morgan fingerprint density at radius 2 is 1.86 bits per heavy atom. The third kappa shape index (κ3) is 1.68. The van der Waals surface area contributed by atoms with Gasteiger partial charge in [0.05, 0.1) is 12.1 Å². The van der Waals surface area contributed by atoms with Gasteiger partial charge in [-0.15, -0.1) is 5.01 Å². The summed E-state index contributed by atoms with van der Waals surface area (Å²) in [6.07, 6.45) is 11.0. The molecule has 1 saturated carbocycles. The van der Waals surface area contributed by atoms with Crippen LogP contribution in [0, 0.1) is 0 Å². The summed E-state index contributed by atoms with van der Waals surface area (Å²) in [5.74, 6) is 0. The second-order valence-electron chi connectivity index (χ2n) is 8.50. The molecule has 4 fully saturated rings. The van der Waals surface area contributed by atoms with Gasteiger partial charge in [-0.2, -0.15) is 0 Å². The molecule has 126 valence electrons. The zero-order valence-corrected chi connectivity index (χ0v) is 14.9. The monoisotopic (exact) mass is 307 g/mol. The molecule has 3 saturated heterocycles. The highest BCUT2D eigenvalue weighted by Gasteiger charge is 2.74. The maximum Gasteiger partial charge on any atom is 0.178 e. The van der Waals surface area contributed by atoms with E-state index in [2.05, 4.69) is 43.3 Å². The number of piperazine rings is 1. The molecule has 0 aromatic heterocycles. The van der Waals surface area contributed by atoms with Crippen LogP contribution in [0.2, 0.25) is 0 Å². The van der Waals surface area contributed by atoms with Crippen LogP contribution in [0.4, 0.5) is 0 Å². The molecule has 0 amide bonds. The van der Waals surface area contributed by atoms with Crippen LogP contribution < -0.4 is 10.6 Å². The van der Waals surface area contributed by atoms with Gasteiger partial charge in [-0.05, 0) is 40.0 Å². The van der Waals surface area contributed by atoms with E-state index in [0.29, 0.717) is 30.0 Å². The molecule has 3 aliphatic heterocycles. The molecule has 0 radical (unpaired) electrons. The molecule has 4 nitrogen and oxygen atoms in total. The maximum absolute atomic E-state index is 4.00. The predicted molar refractivity (Wildman–Crippen MR) is 89.9 cm³/mol. The van der Waals surface area contributed by atoms with Crippen molar-refractivity contribution < 1.29 is 4.59 Å². The molecule has 4 heteroatoms. The van der Waals surface area contributed by atoms with Crippen molar-refractivity contribution in [1.82, 2.24) is 15.6 Å². The van der Waals surface area contributed by atoms with Crippen molar-refractivity contribution in [3.63, 3.8) is 0 Å². The number of quaternary nitrogens is 1. The van der Waals surface area contributed by atoms with E-state index in [-0.39, 0.29) is 0 Å². The van der Waals surface area contributed by atoms with Crippen molar-refractivity contribution >= 4 is 0 Å². The molecular formula is C18H35N4+. The number of nitrogens with one attached hydrogen (secondary N) is 2. The van der Waals surface area contributed by atoms with Gasteiger partial charge in [0.15, 0.2) is 6.17 Å². The van der Waals surface area contributed by atoms with Crippen molar-refractivity contribution in [1.29, 1.82) is 0 Å². The van der Waals surface area contributed by atoms with Gasteiger partial charge in [0, 0.05) is 25.8 Å². The van der Waals surface area contributed by atoms with Crippen LogP contribution in [0.1, 0.15) is 72.6 Å². The highest BCUT2D eigenvalue weighted by Crippen LogP contribution is 2.57. The standard InChI is InChI=1S/C18H35N4/c1-5-16-11-18(9-7-6-8-10-18)22-13(2)12-19-14(3)17(22)20-15(4)21(16)22/h13-17,19-20H,5-12H2,1-4H3/q+1. The fraction of sp³-hybridized carbons (Fsp3) is 1.00. The van der Waals surface area contributed by atoms with Crippen LogP contribution in [0.5, 0.6) is 0 Å². The van der Waals surface area contributed by atoms with Crippen molar-refractivity contribution in [2.45, 2.75) is 109 Å². The molecule has 0 bridgehead atoms. The van der Waals surface area contributed by atoms with Crippen molar-refractivity contribution in [3.8, 4) is 0 Å². The Hall–Kier alpha value is -0.160. The maximum atomic E-state index is 4.00. The van der Waals surface area contributed by atoms with Crippen molar-refractivity contribution in [2.24, 2.45) is 0 Å². The highest BCUT2D eigenvalue weighted by atomic mass is 15.9. The van der Waals surface area contributed by atoms with Gasteiger partial charge in [0.25, 0.3) is 0 Å². The third-order valence-electron chi connectivity index (χ3n) is 7.50. The zero-order valence-electron chi connectivity index (χ0n) is 14.9. The van der Waals surface area contributed by atoms with E-state index in [1.54, 1.807) is 0 Å². The summed E-state index contributed by atoms with van der Waals surface area (Å²) in [5, 5.41) is 10.7. The molecule has 2 N–H and O–H groups in total. The number of hydrogen-bond acceptors (Lipinski definition) is 3. The van der Waals surface area contributed by atoms with Gasteiger partial charge in [0.2, 0.25) is 0 Å². The summed E-state index contributed by atoms with van der Waals surface area (Å²) in [6.45, 7) is 10.9. The summed E-state index contributed by atoms with van der Waals surface area (Å²) < 4.78 is 1.26. The first kappa shape index (κ1) is 15.4. The summed E-state index contributed by atoms with van der Waals surface area (Å²) in [5.41, 5.74) is 0.511. The van der Waals surface area contributed by atoms with Gasteiger partial charge >= 0.3 is 0 Å². The average molecular weight is 308 g/mol. The van der Waals surface area contributed by atoms with Gasteiger partial charge in [-0.1, -0.05) is 13.3 Å². The van der Waals surface area contributed by atoms with Gasteiger partial charge in [-0.25, -0.2) is 9.91 Å². The minimum atomic E-state index is 0.511. The lowest BCUT2D eigenvalue weighted by Gasteiger charge is -2.59. The molecule has 4 rings (SSSR count). The summed E-state index contributed by atoms with van der Waals surface area (Å²) in [7, 11) is 0. The lowest BCUT2D eigenvalue weighted by Crippen LogP contribution is -2.80. The normalized spacial score (nSPS) is 51.0. The Balaban J connectivity index is 1.86. The largest absolute Gasteiger partial charge is 0.302 e. The summed E-state index contributed by atoms with van der Waals surface area (Å²) in [6, 6.07) is 2.02. The Kier molecular flexibility index (Phi) is 3.61. The lowest BCUT2D eigenvalue weighted by molar-refractivity contribution is -1.09. The molecule has 2 spiro atoms. The number of hydrogen-bond donors (Lipinski definition) is 2. The van der Waals surface area contributed by atoms with Gasteiger partial charge in [-0.3, -0.25) is 0 Å². The zero-order chi connectivity index (χ0) is 15.5. The molecule has 6 unspecified atom stereocenters. The van der Waals surface area contributed by atoms with E-state index in [1.165, 1.54) is 56.1 Å². The van der Waals surface area contributed by atoms with E-state index in [4.69, 9.17) is 0 Å². The van der Waals surface area contributed by atoms with Crippen molar-refractivity contribution in [3.05, 3.63) is 0 Å².